The molecule has 0 saturated carbocycles. The van der Waals surface area contributed by atoms with E-state index in [9.17, 15) is 14.4 Å². The highest BCUT2D eigenvalue weighted by Crippen LogP contribution is 2.39. The molecule has 0 radical (unpaired) electrons. The molecular formula is C30H32BrN3O6S. The van der Waals surface area contributed by atoms with Crippen LogP contribution in [-0.4, -0.2) is 37.2 Å². The van der Waals surface area contributed by atoms with Crippen molar-refractivity contribution in [2.45, 2.75) is 53.1 Å². The van der Waals surface area contributed by atoms with Crippen molar-refractivity contribution < 1.29 is 28.6 Å². The molecule has 9 nitrogen and oxygen atoms in total. The molecule has 1 aromatic heterocycles. The van der Waals surface area contributed by atoms with E-state index in [2.05, 4.69) is 31.8 Å². The Labute approximate surface area is 251 Å². The van der Waals surface area contributed by atoms with Crippen LogP contribution in [0, 0.1) is 6.92 Å². The smallest absolute Gasteiger partial charge is 0.341 e. The van der Waals surface area contributed by atoms with E-state index in [0.29, 0.717) is 45.3 Å². The molecule has 1 heterocycles. The van der Waals surface area contributed by atoms with E-state index >= 15 is 0 Å². The molecule has 0 spiro atoms. The molecule has 0 bridgehead atoms. The van der Waals surface area contributed by atoms with Crippen LogP contribution in [0.4, 0.5) is 5.00 Å². The first-order valence-corrected chi connectivity index (χ1v) is 15.0. The lowest BCUT2D eigenvalue weighted by atomic mass is 9.95. The Bertz CT molecular complexity index is 1450. The number of fused-ring (bicyclic) bond motifs is 1. The van der Waals surface area contributed by atoms with E-state index in [1.807, 2.05) is 38.1 Å². The number of rotatable bonds is 10. The Morgan fingerprint density at radius 1 is 1.02 bits per heavy atom. The monoisotopic (exact) mass is 641 g/mol. The predicted octanol–water partition coefficient (Wildman–Crippen LogP) is 5.94. The van der Waals surface area contributed by atoms with E-state index in [1.165, 1.54) is 23.1 Å². The fourth-order valence-corrected chi connectivity index (χ4v) is 6.20. The number of hydrogen-bond acceptors (Lipinski definition) is 8. The third-order valence-electron chi connectivity index (χ3n) is 6.30. The SMILES string of the molecule is CCOC(=O)c1c(NC(=O)C(=O)NN=Cc2cc(Br)c(OCc3ccc(C)cc3)c(OCC)c2)sc2c1CCCC2. The van der Waals surface area contributed by atoms with Crippen molar-refractivity contribution in [1.82, 2.24) is 5.43 Å². The fourth-order valence-electron chi connectivity index (χ4n) is 4.35. The lowest BCUT2D eigenvalue weighted by Crippen LogP contribution is -2.32. The highest BCUT2D eigenvalue weighted by molar-refractivity contribution is 9.10. The molecule has 0 saturated heterocycles. The van der Waals surface area contributed by atoms with Gasteiger partial charge in [-0.1, -0.05) is 29.8 Å². The molecule has 1 aliphatic rings. The molecule has 0 fully saturated rings. The average molecular weight is 643 g/mol. The molecule has 0 atom stereocenters. The number of amides is 2. The molecule has 41 heavy (non-hydrogen) atoms. The molecule has 2 aromatic carbocycles. The van der Waals surface area contributed by atoms with E-state index in [1.54, 1.807) is 19.1 Å². The van der Waals surface area contributed by atoms with Gasteiger partial charge in [-0.25, -0.2) is 10.2 Å². The number of benzene rings is 2. The second kappa shape index (κ2) is 14.3. The summed E-state index contributed by atoms with van der Waals surface area (Å²) in [7, 11) is 0. The normalized spacial score (nSPS) is 12.5. The number of hydrazone groups is 1. The van der Waals surface area contributed by atoms with E-state index in [0.717, 1.165) is 41.7 Å². The number of ether oxygens (including phenoxy) is 3. The highest BCUT2D eigenvalue weighted by atomic mass is 79.9. The van der Waals surface area contributed by atoms with Gasteiger partial charge in [-0.3, -0.25) is 9.59 Å². The zero-order valence-electron chi connectivity index (χ0n) is 23.2. The average Bonchev–Trinajstić information content (AvgIpc) is 3.31. The largest absolute Gasteiger partial charge is 0.490 e. The number of nitrogens with zero attached hydrogens (tertiary/aromatic N) is 1. The zero-order chi connectivity index (χ0) is 29.4. The highest BCUT2D eigenvalue weighted by Gasteiger charge is 2.28. The fraction of sp³-hybridized carbons (Fsp3) is 0.333. The van der Waals surface area contributed by atoms with E-state index in [-0.39, 0.29) is 6.61 Å². The van der Waals surface area contributed by atoms with Crippen LogP contribution in [0.5, 0.6) is 11.5 Å². The number of halogens is 1. The van der Waals surface area contributed by atoms with Crippen molar-refractivity contribution >= 4 is 56.3 Å². The molecule has 4 rings (SSSR count). The van der Waals surface area contributed by atoms with Crippen LogP contribution >= 0.6 is 27.3 Å². The van der Waals surface area contributed by atoms with Gasteiger partial charge in [0, 0.05) is 4.88 Å². The van der Waals surface area contributed by atoms with Crippen molar-refractivity contribution in [3.05, 3.63) is 73.6 Å². The van der Waals surface area contributed by atoms with Crippen LogP contribution in [0.1, 0.15) is 64.2 Å². The number of carbonyl (C=O) groups is 3. The Morgan fingerprint density at radius 3 is 2.51 bits per heavy atom. The number of aryl methyl sites for hydroxylation is 2. The number of thiophene rings is 1. The Morgan fingerprint density at radius 2 is 1.78 bits per heavy atom. The summed E-state index contributed by atoms with van der Waals surface area (Å²) in [6, 6.07) is 11.6. The summed E-state index contributed by atoms with van der Waals surface area (Å²) in [4.78, 5) is 38.8. The molecule has 11 heteroatoms. The molecule has 216 valence electrons. The molecule has 0 unspecified atom stereocenters. The van der Waals surface area contributed by atoms with Gasteiger partial charge in [0.15, 0.2) is 11.5 Å². The van der Waals surface area contributed by atoms with Gasteiger partial charge in [-0.2, -0.15) is 5.10 Å². The van der Waals surface area contributed by atoms with Crippen molar-refractivity contribution in [2.24, 2.45) is 5.10 Å². The standard InChI is InChI=1S/C30H32BrN3O6S/c1-4-38-23-15-20(14-22(31)26(23)40-17-19-12-10-18(3)11-13-19)16-32-34-28(36)27(35)33-29-25(30(37)39-5-2)21-8-6-7-9-24(21)41-29/h10-16H,4-9,17H2,1-3H3,(H,33,35)(H,34,36). The van der Waals surface area contributed by atoms with E-state index in [4.69, 9.17) is 14.2 Å². The van der Waals surface area contributed by atoms with Crippen LogP contribution in [-0.2, 0) is 33.8 Å². The van der Waals surface area contributed by atoms with Crippen LogP contribution in [0.25, 0.3) is 0 Å². The first-order valence-electron chi connectivity index (χ1n) is 13.4. The summed E-state index contributed by atoms with van der Waals surface area (Å²) in [5, 5.41) is 6.84. The lowest BCUT2D eigenvalue weighted by Gasteiger charge is -2.15. The van der Waals surface area contributed by atoms with Gasteiger partial charge in [0.25, 0.3) is 0 Å². The third-order valence-corrected chi connectivity index (χ3v) is 8.10. The van der Waals surface area contributed by atoms with Gasteiger partial charge >= 0.3 is 17.8 Å². The topological polar surface area (TPSA) is 115 Å². The van der Waals surface area contributed by atoms with Crippen LogP contribution in [0.15, 0.2) is 46.0 Å². The number of carbonyl (C=O) groups excluding carboxylic acids is 3. The minimum absolute atomic E-state index is 0.215. The van der Waals surface area contributed by atoms with Crippen molar-refractivity contribution in [2.75, 3.05) is 18.5 Å². The molecular weight excluding hydrogens is 610 g/mol. The van der Waals surface area contributed by atoms with Crippen molar-refractivity contribution in [3.63, 3.8) is 0 Å². The molecule has 2 N–H and O–H groups in total. The minimum Gasteiger partial charge on any atom is -0.490 e. The van der Waals surface area contributed by atoms with Crippen LogP contribution in [0.3, 0.4) is 0 Å². The Balaban J connectivity index is 1.42. The predicted molar refractivity (Wildman–Crippen MR) is 162 cm³/mol. The van der Waals surface area contributed by atoms with Crippen molar-refractivity contribution in [1.29, 1.82) is 0 Å². The van der Waals surface area contributed by atoms with Crippen molar-refractivity contribution in [3.8, 4) is 11.5 Å². The second-order valence-corrected chi connectivity index (χ2v) is 11.3. The summed E-state index contributed by atoms with van der Waals surface area (Å²) < 4.78 is 17.7. The van der Waals surface area contributed by atoms with Gasteiger partial charge in [0.05, 0.1) is 29.5 Å². The maximum atomic E-state index is 12.7. The summed E-state index contributed by atoms with van der Waals surface area (Å²) >= 11 is 4.85. The maximum absolute atomic E-state index is 12.7. The van der Waals surface area contributed by atoms with Gasteiger partial charge in [0.2, 0.25) is 0 Å². The Kier molecular flexibility index (Phi) is 10.5. The summed E-state index contributed by atoms with van der Waals surface area (Å²) in [6.45, 7) is 6.62. The number of esters is 1. The molecule has 3 aromatic rings. The van der Waals surface area contributed by atoms with Gasteiger partial charge in [-0.05, 0) is 91.2 Å². The first-order chi connectivity index (χ1) is 19.8. The Hall–Kier alpha value is -3.70. The molecule has 0 aliphatic heterocycles. The maximum Gasteiger partial charge on any atom is 0.341 e. The second-order valence-electron chi connectivity index (χ2n) is 9.33. The quantitative estimate of drug-likeness (QED) is 0.122. The third kappa shape index (κ3) is 7.74. The summed E-state index contributed by atoms with van der Waals surface area (Å²) in [6.07, 6.45) is 4.93. The van der Waals surface area contributed by atoms with E-state index < -0.39 is 17.8 Å². The molecule has 2 amide bonds. The lowest BCUT2D eigenvalue weighted by molar-refractivity contribution is -0.136. The number of anilines is 1. The first kappa shape index (κ1) is 30.3. The summed E-state index contributed by atoms with van der Waals surface area (Å²) in [5.41, 5.74) is 6.29. The number of nitrogens with one attached hydrogen (secondary N) is 2. The zero-order valence-corrected chi connectivity index (χ0v) is 25.6. The van der Waals surface area contributed by atoms with Gasteiger partial charge < -0.3 is 19.5 Å². The summed E-state index contributed by atoms with van der Waals surface area (Å²) in [5.74, 6) is -1.34. The van der Waals surface area contributed by atoms with Crippen LogP contribution in [0.2, 0.25) is 0 Å². The van der Waals surface area contributed by atoms with Gasteiger partial charge in [-0.15, -0.1) is 11.3 Å². The number of hydrogen-bond donors (Lipinski definition) is 2. The van der Waals surface area contributed by atoms with Gasteiger partial charge in [0.1, 0.15) is 11.6 Å². The molecule has 1 aliphatic carbocycles. The minimum atomic E-state index is -0.968. The van der Waals surface area contributed by atoms with Crippen LogP contribution < -0.4 is 20.2 Å².